The quantitative estimate of drug-likeness (QED) is 0.336. The minimum Gasteiger partial charge on any atom is -0.368 e. The maximum absolute atomic E-state index is 12.6. The molecular weight excluding hydrogens is 521 g/mol. The van der Waals surface area contributed by atoms with Crippen LogP contribution in [0.15, 0.2) is 90.5 Å². The van der Waals surface area contributed by atoms with Crippen molar-refractivity contribution in [2.45, 2.75) is 31.0 Å². The zero-order chi connectivity index (χ0) is 27.1. The summed E-state index contributed by atoms with van der Waals surface area (Å²) in [5.74, 6) is -0.985. The summed E-state index contributed by atoms with van der Waals surface area (Å²) in [4.78, 5) is 26.8. The summed E-state index contributed by atoms with van der Waals surface area (Å²) in [6, 6.07) is 24.3. The fourth-order valence-corrected chi connectivity index (χ4v) is 5.20. The van der Waals surface area contributed by atoms with Crippen molar-refractivity contribution >= 4 is 35.0 Å². The summed E-state index contributed by atoms with van der Waals surface area (Å²) < 4.78 is 5.84. The van der Waals surface area contributed by atoms with Crippen molar-refractivity contribution in [3.8, 4) is 0 Å². The van der Waals surface area contributed by atoms with Crippen LogP contribution in [0.2, 0.25) is 10.0 Å². The number of hydrogen-bond acceptors (Lipinski definition) is 4. The van der Waals surface area contributed by atoms with E-state index in [1.807, 2.05) is 78.9 Å². The number of carbonyl (C=O) groups is 2. The van der Waals surface area contributed by atoms with E-state index in [9.17, 15) is 9.59 Å². The lowest BCUT2D eigenvalue weighted by Gasteiger charge is -2.40. The van der Waals surface area contributed by atoms with Crippen molar-refractivity contribution in [3.63, 3.8) is 0 Å². The molecule has 3 atom stereocenters. The van der Waals surface area contributed by atoms with Gasteiger partial charge in [-0.25, -0.2) is 0 Å². The van der Waals surface area contributed by atoms with Crippen molar-refractivity contribution in [2.75, 3.05) is 20.3 Å². The predicted molar refractivity (Wildman–Crippen MR) is 151 cm³/mol. The molecule has 2 amide bonds. The van der Waals surface area contributed by atoms with Gasteiger partial charge in [0.2, 0.25) is 11.8 Å². The fraction of sp³-hybridized carbons (Fsp3) is 0.267. The molecule has 0 fully saturated rings. The van der Waals surface area contributed by atoms with E-state index in [0.29, 0.717) is 16.5 Å². The van der Waals surface area contributed by atoms with Gasteiger partial charge in [-0.3, -0.25) is 14.5 Å². The molecule has 198 valence electrons. The number of carbonyl (C=O) groups excluding carboxylic acids is 2. The Morgan fingerprint density at radius 3 is 2.42 bits per heavy atom. The highest BCUT2D eigenvalue weighted by Gasteiger charge is 2.32. The number of ether oxygens (including phenoxy) is 1. The van der Waals surface area contributed by atoms with Gasteiger partial charge in [-0.15, -0.1) is 0 Å². The number of hydrogen-bond donors (Lipinski definition) is 2. The summed E-state index contributed by atoms with van der Waals surface area (Å²) in [7, 11) is 2.07. The molecule has 0 radical (unpaired) electrons. The van der Waals surface area contributed by atoms with Gasteiger partial charge in [0.25, 0.3) is 0 Å². The van der Waals surface area contributed by atoms with Gasteiger partial charge in [-0.05, 0) is 60.0 Å². The summed E-state index contributed by atoms with van der Waals surface area (Å²) in [6.07, 6.45) is 3.27. The average Bonchev–Trinajstić information content (AvgIpc) is 2.90. The molecule has 0 saturated carbocycles. The average molecular weight is 553 g/mol. The Bertz CT molecular complexity index is 1280. The van der Waals surface area contributed by atoms with Crippen LogP contribution in [0.4, 0.5) is 0 Å². The van der Waals surface area contributed by atoms with E-state index in [2.05, 4.69) is 23.3 Å². The normalized spacial score (nSPS) is 18.4. The third-order valence-electron chi connectivity index (χ3n) is 6.74. The molecule has 0 unspecified atom stereocenters. The molecule has 3 N–H and O–H groups in total. The van der Waals surface area contributed by atoms with Gasteiger partial charge in [0.05, 0.1) is 12.6 Å². The van der Waals surface area contributed by atoms with E-state index in [1.54, 1.807) is 0 Å². The van der Waals surface area contributed by atoms with Crippen molar-refractivity contribution in [2.24, 2.45) is 5.73 Å². The number of halogens is 2. The third-order valence-corrected chi connectivity index (χ3v) is 7.22. The summed E-state index contributed by atoms with van der Waals surface area (Å²) in [5, 5.41) is 4.05. The van der Waals surface area contributed by atoms with E-state index in [1.165, 1.54) is 0 Å². The van der Waals surface area contributed by atoms with Crippen molar-refractivity contribution in [1.29, 1.82) is 0 Å². The lowest BCUT2D eigenvalue weighted by atomic mass is 9.88. The Morgan fingerprint density at radius 1 is 1.00 bits per heavy atom. The van der Waals surface area contributed by atoms with Crippen LogP contribution in [0.25, 0.3) is 0 Å². The minimum absolute atomic E-state index is 0.0948. The highest BCUT2D eigenvalue weighted by molar-refractivity contribution is 6.30. The zero-order valence-electron chi connectivity index (χ0n) is 21.1. The molecule has 0 aromatic heterocycles. The molecule has 1 aliphatic heterocycles. The summed E-state index contributed by atoms with van der Waals surface area (Å²) >= 11 is 12.4. The first-order chi connectivity index (χ1) is 18.3. The van der Waals surface area contributed by atoms with Crippen molar-refractivity contribution in [1.82, 2.24) is 10.2 Å². The molecule has 0 bridgehead atoms. The summed E-state index contributed by atoms with van der Waals surface area (Å²) in [6.45, 7) is 0.0602. The van der Waals surface area contributed by atoms with E-state index in [-0.39, 0.29) is 25.3 Å². The smallest absolute Gasteiger partial charge is 0.246 e. The second-order valence-corrected chi connectivity index (χ2v) is 10.3. The van der Waals surface area contributed by atoms with Crippen LogP contribution in [0.3, 0.4) is 0 Å². The molecule has 8 heteroatoms. The monoisotopic (exact) mass is 551 g/mol. The maximum Gasteiger partial charge on any atom is 0.246 e. The number of nitrogens with two attached hydrogens (primary N) is 1. The Kier molecular flexibility index (Phi) is 9.58. The van der Waals surface area contributed by atoms with Gasteiger partial charge in [-0.2, -0.15) is 0 Å². The highest BCUT2D eigenvalue weighted by Crippen LogP contribution is 2.41. The Morgan fingerprint density at radius 2 is 1.74 bits per heavy atom. The second-order valence-electron chi connectivity index (χ2n) is 9.41. The number of nitrogens with zero attached hydrogens (tertiary/aromatic N) is 1. The first-order valence-electron chi connectivity index (χ1n) is 12.4. The van der Waals surface area contributed by atoms with Gasteiger partial charge < -0.3 is 15.8 Å². The van der Waals surface area contributed by atoms with Gasteiger partial charge in [0, 0.05) is 22.5 Å². The number of amides is 2. The molecular formula is C30H31Cl2N3O3. The van der Waals surface area contributed by atoms with Crippen molar-refractivity contribution < 1.29 is 14.3 Å². The van der Waals surface area contributed by atoms with Gasteiger partial charge in [-0.1, -0.05) is 83.9 Å². The Labute approximate surface area is 233 Å². The maximum atomic E-state index is 12.6. The SMILES string of the molecule is CN1[C@@H](c2cccc(Cl)c2)C(COCC(=O)N[C@@H](Cc2ccccc2)C(N)=O)=CC[C@H]1c1ccc(Cl)cc1. The van der Waals surface area contributed by atoms with Crippen LogP contribution in [0.1, 0.15) is 35.2 Å². The number of nitrogens with one attached hydrogen (secondary N) is 1. The molecule has 38 heavy (non-hydrogen) atoms. The van der Waals surface area contributed by atoms with Crippen LogP contribution in [-0.4, -0.2) is 43.0 Å². The molecule has 6 nitrogen and oxygen atoms in total. The van der Waals surface area contributed by atoms with Crippen LogP contribution in [-0.2, 0) is 20.7 Å². The molecule has 3 aromatic carbocycles. The van der Waals surface area contributed by atoms with Crippen molar-refractivity contribution in [3.05, 3.63) is 117 Å². The van der Waals surface area contributed by atoms with Crippen LogP contribution >= 0.6 is 23.2 Å². The molecule has 0 saturated heterocycles. The van der Waals surface area contributed by atoms with Gasteiger partial charge >= 0.3 is 0 Å². The Balaban J connectivity index is 1.44. The fourth-order valence-electron chi connectivity index (χ4n) is 4.87. The molecule has 3 aromatic rings. The number of benzene rings is 3. The highest BCUT2D eigenvalue weighted by atomic mass is 35.5. The van der Waals surface area contributed by atoms with E-state index in [0.717, 1.165) is 28.7 Å². The van der Waals surface area contributed by atoms with Crippen LogP contribution < -0.4 is 11.1 Å². The largest absolute Gasteiger partial charge is 0.368 e. The zero-order valence-corrected chi connectivity index (χ0v) is 22.7. The molecule has 4 rings (SSSR count). The molecule has 0 aliphatic carbocycles. The lowest BCUT2D eigenvalue weighted by Crippen LogP contribution is -2.47. The van der Waals surface area contributed by atoms with Crippen LogP contribution in [0.5, 0.6) is 0 Å². The van der Waals surface area contributed by atoms with E-state index < -0.39 is 17.9 Å². The lowest BCUT2D eigenvalue weighted by molar-refractivity contribution is -0.130. The predicted octanol–water partition coefficient (Wildman–Crippen LogP) is 5.27. The third kappa shape index (κ3) is 7.23. The number of rotatable bonds is 10. The Hall–Kier alpha value is -3.16. The molecule has 1 aliphatic rings. The first-order valence-corrected chi connectivity index (χ1v) is 13.2. The van der Waals surface area contributed by atoms with Crippen LogP contribution in [0, 0.1) is 0 Å². The summed E-state index contributed by atoms with van der Waals surface area (Å²) in [5.41, 5.74) is 9.67. The minimum atomic E-state index is -0.812. The topological polar surface area (TPSA) is 84.7 Å². The van der Waals surface area contributed by atoms with E-state index in [4.69, 9.17) is 33.7 Å². The standard InChI is InChI=1S/C30H31Cl2N3O3/c1-35-27(21-10-13-24(31)14-11-21)15-12-23(29(35)22-8-5-9-25(32)17-22)18-38-19-28(36)34-26(30(33)37)16-20-6-3-2-4-7-20/h2-14,17,26-27,29H,15-16,18-19H2,1H3,(H2,33,37)(H,34,36)/t26-,27-,29-/m0/s1. The molecule has 0 spiro atoms. The van der Waals surface area contributed by atoms with Gasteiger partial charge in [0.1, 0.15) is 12.6 Å². The number of primary amides is 1. The number of likely N-dealkylation sites (N-methyl/N-ethyl adjacent to an activating group) is 1. The first kappa shape index (κ1) is 27.9. The molecule has 1 heterocycles. The van der Waals surface area contributed by atoms with Gasteiger partial charge in [0.15, 0.2) is 0 Å². The second kappa shape index (κ2) is 13.1. The van der Waals surface area contributed by atoms with E-state index >= 15 is 0 Å².